The first-order valence-electron chi connectivity index (χ1n) is 6.44. The number of hydrogen-bond acceptors (Lipinski definition) is 3. The summed E-state index contributed by atoms with van der Waals surface area (Å²) in [4.78, 5) is 12.2. The highest BCUT2D eigenvalue weighted by Crippen LogP contribution is 2.23. The summed E-state index contributed by atoms with van der Waals surface area (Å²) in [5.41, 5.74) is 4.34. The van der Waals surface area contributed by atoms with Crippen molar-refractivity contribution in [2.24, 2.45) is 0 Å². The summed E-state index contributed by atoms with van der Waals surface area (Å²) >= 11 is 0. The summed E-state index contributed by atoms with van der Waals surface area (Å²) in [7, 11) is 0. The lowest BCUT2D eigenvalue weighted by Gasteiger charge is -2.09. The largest absolute Gasteiger partial charge is 0.508 e. The maximum Gasteiger partial charge on any atom is 0.255 e. The lowest BCUT2D eigenvalue weighted by molar-refractivity contribution is 0.102. The molecule has 0 aromatic heterocycles. The fraction of sp³-hybridized carbons (Fsp3) is 0.188. The number of hydrogen-bond donors (Lipinski definition) is 2. The van der Waals surface area contributed by atoms with Crippen LogP contribution < -0.4 is 5.32 Å². The lowest BCUT2D eigenvalue weighted by atomic mass is 10.1. The third-order valence-electron chi connectivity index (χ3n) is 3.44. The number of carbonyl (C=O) groups excluding carboxylic acids is 1. The molecule has 1 heterocycles. The van der Waals surface area contributed by atoms with Crippen molar-refractivity contribution in [2.75, 3.05) is 5.32 Å². The third-order valence-corrected chi connectivity index (χ3v) is 3.44. The quantitative estimate of drug-likeness (QED) is 0.824. The van der Waals surface area contributed by atoms with Gasteiger partial charge in [0.1, 0.15) is 5.75 Å². The molecule has 20 heavy (non-hydrogen) atoms. The number of nitrogens with one attached hydrogen (secondary N) is 1. The topological polar surface area (TPSA) is 58.6 Å². The maximum atomic E-state index is 12.2. The Morgan fingerprint density at radius 3 is 2.75 bits per heavy atom. The minimum atomic E-state index is -0.159. The molecule has 102 valence electrons. The van der Waals surface area contributed by atoms with Crippen molar-refractivity contribution in [1.29, 1.82) is 0 Å². The van der Waals surface area contributed by atoms with Crippen LogP contribution >= 0.6 is 0 Å². The number of aryl methyl sites for hydroxylation is 1. The van der Waals surface area contributed by atoms with Crippen molar-refractivity contribution in [3.8, 4) is 5.75 Å². The minimum Gasteiger partial charge on any atom is -0.508 e. The Labute approximate surface area is 117 Å². The molecule has 0 radical (unpaired) electrons. The smallest absolute Gasteiger partial charge is 0.255 e. The molecule has 0 saturated carbocycles. The molecule has 0 unspecified atom stereocenters. The van der Waals surface area contributed by atoms with Crippen LogP contribution in [0.5, 0.6) is 5.75 Å². The molecule has 0 saturated heterocycles. The molecule has 4 nitrogen and oxygen atoms in total. The summed E-state index contributed by atoms with van der Waals surface area (Å²) in [6, 6.07) is 10.5. The van der Waals surface area contributed by atoms with Crippen LogP contribution in [-0.2, 0) is 18.0 Å². The summed E-state index contributed by atoms with van der Waals surface area (Å²) in [5, 5.41) is 12.2. The number of fused-ring (bicyclic) bond motifs is 1. The summed E-state index contributed by atoms with van der Waals surface area (Å²) < 4.78 is 5.34. The number of ether oxygens (including phenoxy) is 1. The summed E-state index contributed by atoms with van der Waals surface area (Å²) in [6.45, 7) is 3.02. The van der Waals surface area contributed by atoms with Gasteiger partial charge >= 0.3 is 0 Å². The monoisotopic (exact) mass is 269 g/mol. The van der Waals surface area contributed by atoms with Gasteiger partial charge in [-0.25, -0.2) is 0 Å². The van der Waals surface area contributed by atoms with Crippen LogP contribution in [0.2, 0.25) is 0 Å². The fourth-order valence-corrected chi connectivity index (χ4v) is 2.30. The van der Waals surface area contributed by atoms with E-state index in [1.165, 1.54) is 0 Å². The van der Waals surface area contributed by atoms with Crippen molar-refractivity contribution in [1.82, 2.24) is 0 Å². The van der Waals surface area contributed by atoms with Gasteiger partial charge in [-0.3, -0.25) is 4.79 Å². The Morgan fingerprint density at radius 1 is 1.15 bits per heavy atom. The van der Waals surface area contributed by atoms with E-state index in [2.05, 4.69) is 5.32 Å². The second-order valence-corrected chi connectivity index (χ2v) is 4.93. The van der Waals surface area contributed by atoms with Crippen LogP contribution in [0.3, 0.4) is 0 Å². The van der Waals surface area contributed by atoms with Crippen LogP contribution in [0.1, 0.15) is 27.0 Å². The Kier molecular flexibility index (Phi) is 3.16. The standard InChI is InChI=1S/C16H15NO3/c1-10-6-14(18)4-5-15(10)17-16(19)11-2-3-12-8-20-9-13(12)7-11/h2-7,18H,8-9H2,1H3,(H,17,19). The molecule has 0 atom stereocenters. The highest BCUT2D eigenvalue weighted by Gasteiger charge is 2.14. The fourth-order valence-electron chi connectivity index (χ4n) is 2.30. The molecule has 1 amide bonds. The predicted octanol–water partition coefficient (Wildman–Crippen LogP) is 2.98. The van der Waals surface area contributed by atoms with Gasteiger partial charge in [-0.05, 0) is 53.9 Å². The zero-order valence-electron chi connectivity index (χ0n) is 11.1. The van der Waals surface area contributed by atoms with Gasteiger partial charge in [0.15, 0.2) is 0 Å². The first kappa shape index (κ1) is 12.7. The highest BCUT2D eigenvalue weighted by molar-refractivity contribution is 6.04. The molecule has 4 heteroatoms. The van der Waals surface area contributed by atoms with Gasteiger partial charge in [0.05, 0.1) is 13.2 Å². The van der Waals surface area contributed by atoms with Gasteiger partial charge in [0.2, 0.25) is 0 Å². The van der Waals surface area contributed by atoms with E-state index in [1.807, 2.05) is 19.1 Å². The van der Waals surface area contributed by atoms with Crippen LogP contribution in [0.4, 0.5) is 5.69 Å². The van der Waals surface area contributed by atoms with E-state index >= 15 is 0 Å². The molecule has 0 aliphatic carbocycles. The SMILES string of the molecule is Cc1cc(O)ccc1NC(=O)c1ccc2c(c1)COC2. The van der Waals surface area contributed by atoms with Crippen LogP contribution in [0.15, 0.2) is 36.4 Å². The van der Waals surface area contributed by atoms with Crippen molar-refractivity contribution in [3.05, 3.63) is 58.7 Å². The molecule has 2 N–H and O–H groups in total. The van der Waals surface area contributed by atoms with E-state index in [0.717, 1.165) is 16.7 Å². The number of benzene rings is 2. The van der Waals surface area contributed by atoms with E-state index in [9.17, 15) is 9.90 Å². The Hall–Kier alpha value is -2.33. The van der Waals surface area contributed by atoms with E-state index in [0.29, 0.717) is 24.5 Å². The number of amides is 1. The number of carbonyl (C=O) groups is 1. The molecule has 3 rings (SSSR count). The van der Waals surface area contributed by atoms with Crippen LogP contribution in [0.25, 0.3) is 0 Å². The molecule has 2 aromatic rings. The normalized spacial score (nSPS) is 13.1. The number of anilines is 1. The Balaban J connectivity index is 1.82. The maximum absolute atomic E-state index is 12.2. The van der Waals surface area contributed by atoms with E-state index < -0.39 is 0 Å². The number of aromatic hydroxyl groups is 1. The van der Waals surface area contributed by atoms with E-state index in [1.54, 1.807) is 24.3 Å². The molecule has 1 aliphatic heterocycles. The first-order valence-corrected chi connectivity index (χ1v) is 6.44. The van der Waals surface area contributed by atoms with Gasteiger partial charge in [-0.2, -0.15) is 0 Å². The number of phenolic OH excluding ortho intramolecular Hbond substituents is 1. The molecule has 0 spiro atoms. The van der Waals surface area contributed by atoms with E-state index in [4.69, 9.17) is 4.74 Å². The Bertz CT molecular complexity index is 679. The summed E-state index contributed by atoms with van der Waals surface area (Å²) in [6.07, 6.45) is 0. The summed E-state index contributed by atoms with van der Waals surface area (Å²) in [5.74, 6) is 0.0312. The number of phenols is 1. The molecular weight excluding hydrogens is 254 g/mol. The molecule has 0 fully saturated rings. The average molecular weight is 269 g/mol. The second kappa shape index (κ2) is 4.98. The van der Waals surface area contributed by atoms with Gasteiger partial charge in [-0.1, -0.05) is 6.07 Å². The molecule has 1 aliphatic rings. The van der Waals surface area contributed by atoms with Crippen molar-refractivity contribution in [2.45, 2.75) is 20.1 Å². The van der Waals surface area contributed by atoms with Crippen LogP contribution in [0, 0.1) is 6.92 Å². The van der Waals surface area contributed by atoms with Crippen LogP contribution in [-0.4, -0.2) is 11.0 Å². The van der Waals surface area contributed by atoms with Gasteiger partial charge in [-0.15, -0.1) is 0 Å². The second-order valence-electron chi connectivity index (χ2n) is 4.93. The average Bonchev–Trinajstić information content (AvgIpc) is 2.89. The molecular formula is C16H15NO3. The van der Waals surface area contributed by atoms with Crippen molar-refractivity contribution >= 4 is 11.6 Å². The highest BCUT2D eigenvalue weighted by atomic mass is 16.5. The van der Waals surface area contributed by atoms with Crippen molar-refractivity contribution in [3.63, 3.8) is 0 Å². The van der Waals surface area contributed by atoms with Crippen molar-refractivity contribution < 1.29 is 14.6 Å². The molecule has 0 bridgehead atoms. The van der Waals surface area contributed by atoms with Gasteiger partial charge < -0.3 is 15.2 Å². The zero-order valence-corrected chi connectivity index (χ0v) is 11.1. The minimum absolute atomic E-state index is 0.159. The van der Waals surface area contributed by atoms with Gasteiger partial charge in [0, 0.05) is 11.3 Å². The first-order chi connectivity index (χ1) is 9.63. The van der Waals surface area contributed by atoms with E-state index in [-0.39, 0.29) is 11.7 Å². The molecule has 2 aromatic carbocycles. The third kappa shape index (κ3) is 2.38. The predicted molar refractivity (Wildman–Crippen MR) is 75.7 cm³/mol. The number of rotatable bonds is 2. The Morgan fingerprint density at radius 2 is 1.95 bits per heavy atom. The zero-order chi connectivity index (χ0) is 14.1. The van der Waals surface area contributed by atoms with Gasteiger partial charge in [0.25, 0.3) is 5.91 Å². The lowest BCUT2D eigenvalue weighted by Crippen LogP contribution is -2.13.